The summed E-state index contributed by atoms with van der Waals surface area (Å²) in [7, 11) is 2.11. The summed E-state index contributed by atoms with van der Waals surface area (Å²) in [6, 6.07) is 11.5. The van der Waals surface area contributed by atoms with Crippen LogP contribution in [-0.4, -0.2) is 158 Å². The third-order valence-corrected chi connectivity index (χ3v) is 12.8. The molecule has 324 valence electrons. The minimum absolute atomic E-state index is 0.00448. The van der Waals surface area contributed by atoms with Crippen molar-refractivity contribution in [3.8, 4) is 5.75 Å². The van der Waals surface area contributed by atoms with Gasteiger partial charge in [-0.25, -0.2) is 9.59 Å². The Kier molecular flexibility index (Phi) is 15.9. The number of phenolic OH excluding ortho intramolecular Hbond substituents is 1. The van der Waals surface area contributed by atoms with Gasteiger partial charge in [0.1, 0.15) is 5.75 Å². The summed E-state index contributed by atoms with van der Waals surface area (Å²) < 4.78 is 16.3. The van der Waals surface area contributed by atoms with Gasteiger partial charge in [0.25, 0.3) is 5.91 Å². The molecule has 0 radical (unpaired) electrons. The third kappa shape index (κ3) is 12.1. The van der Waals surface area contributed by atoms with Crippen molar-refractivity contribution in [3.63, 3.8) is 0 Å². The van der Waals surface area contributed by atoms with E-state index < -0.39 is 12.2 Å². The van der Waals surface area contributed by atoms with Gasteiger partial charge in [0.05, 0.1) is 26.4 Å². The number of likely N-dealkylation sites (tertiary alicyclic amines) is 3. The number of fused-ring (bicyclic) bond motifs is 1. The van der Waals surface area contributed by atoms with E-state index in [1.165, 1.54) is 0 Å². The van der Waals surface area contributed by atoms with E-state index in [1.54, 1.807) is 4.90 Å². The fourth-order valence-electron chi connectivity index (χ4n) is 9.27. The zero-order chi connectivity index (χ0) is 41.9. The molecule has 5 heterocycles. The van der Waals surface area contributed by atoms with Crippen LogP contribution >= 0.6 is 0 Å². The average Bonchev–Trinajstić information content (AvgIpc) is 3.41. The number of hydrogen-bond acceptors (Lipinski definition) is 10. The molecule has 2 aromatic rings. The highest BCUT2D eigenvalue weighted by atomic mass is 16.6. The highest BCUT2D eigenvalue weighted by molar-refractivity contribution is 5.91. The van der Waals surface area contributed by atoms with E-state index in [0.717, 1.165) is 88.3 Å². The van der Waals surface area contributed by atoms with Gasteiger partial charge in [0, 0.05) is 64.0 Å². The number of esters is 1. The second-order valence-corrected chi connectivity index (χ2v) is 16.9. The Morgan fingerprint density at radius 2 is 1.46 bits per heavy atom. The predicted octanol–water partition coefficient (Wildman–Crippen LogP) is 5.07. The quantitative estimate of drug-likeness (QED) is 0.329. The van der Waals surface area contributed by atoms with Gasteiger partial charge >= 0.3 is 18.1 Å². The number of morpholine rings is 1. The molecule has 5 aliphatic heterocycles. The predicted molar refractivity (Wildman–Crippen MR) is 225 cm³/mol. The van der Waals surface area contributed by atoms with Crippen LogP contribution in [0.5, 0.6) is 5.75 Å². The molecule has 0 aliphatic carbocycles. The van der Waals surface area contributed by atoms with Crippen LogP contribution in [0.2, 0.25) is 0 Å². The number of ether oxygens (including phenoxy) is 3. The Morgan fingerprint density at radius 1 is 0.847 bits per heavy atom. The monoisotopic (exact) mass is 818 g/mol. The largest absolute Gasteiger partial charge is 0.507 e. The van der Waals surface area contributed by atoms with Crippen molar-refractivity contribution < 1.29 is 38.5 Å². The van der Waals surface area contributed by atoms with Crippen LogP contribution in [0.25, 0.3) is 0 Å². The fraction of sp³-hybridized carbons (Fsp3) is 0.644. The van der Waals surface area contributed by atoms with E-state index in [-0.39, 0.29) is 36.1 Å². The molecule has 2 aromatic carbocycles. The fourth-order valence-corrected chi connectivity index (χ4v) is 9.27. The summed E-state index contributed by atoms with van der Waals surface area (Å²) in [4.78, 5) is 62.7. The first-order valence-corrected chi connectivity index (χ1v) is 21.8. The standard InChI is InChI=1S/C40H55N5O7.C5H11NO/c1-4-51-36(46)26-42-16-9-30(10-17-42)31-11-18-43(19-12-31)38(48)35(25-29-23-27(2)37(47)28(3)24-29)52-40(50)44-20-14-33(15-21-44)45-22-13-32-7-5-6-8-34(32)41-39(45)49;1-6-2-4-7-5-3-6/h5-8,23-24,30-31,33,35,47H,4,9-22,25-26H2,1-3H3,(H,41,49);2-5H2,1H3/t35-;/m1./s1. The van der Waals surface area contributed by atoms with Crippen molar-refractivity contribution in [2.75, 3.05) is 97.6 Å². The zero-order valence-corrected chi connectivity index (χ0v) is 35.7. The van der Waals surface area contributed by atoms with Gasteiger partial charge in [-0.1, -0.05) is 30.3 Å². The number of carbonyl (C=O) groups is 4. The Morgan fingerprint density at radius 3 is 2.07 bits per heavy atom. The number of nitrogens with one attached hydrogen (secondary N) is 1. The molecule has 0 unspecified atom stereocenters. The molecular formula is C45H66N6O8. The lowest BCUT2D eigenvalue weighted by Crippen LogP contribution is -2.52. The van der Waals surface area contributed by atoms with Crippen LogP contribution in [0, 0.1) is 25.7 Å². The van der Waals surface area contributed by atoms with E-state index in [0.29, 0.717) is 81.7 Å². The molecule has 0 aromatic heterocycles. The van der Waals surface area contributed by atoms with Gasteiger partial charge in [-0.2, -0.15) is 0 Å². The Labute approximate surface area is 350 Å². The maximum absolute atomic E-state index is 14.1. The van der Waals surface area contributed by atoms with Crippen molar-refractivity contribution in [1.29, 1.82) is 0 Å². The van der Waals surface area contributed by atoms with Crippen LogP contribution in [-0.2, 0) is 36.6 Å². The van der Waals surface area contributed by atoms with Gasteiger partial charge < -0.3 is 44.2 Å². The second-order valence-electron chi connectivity index (χ2n) is 16.9. The van der Waals surface area contributed by atoms with Crippen LogP contribution in [0.1, 0.15) is 67.7 Å². The highest BCUT2D eigenvalue weighted by Crippen LogP contribution is 2.33. The number of aryl methyl sites for hydroxylation is 2. The van der Waals surface area contributed by atoms with E-state index in [4.69, 9.17) is 14.2 Å². The zero-order valence-electron chi connectivity index (χ0n) is 35.7. The minimum atomic E-state index is -0.994. The molecule has 4 saturated heterocycles. The number of phenols is 1. The number of piperidine rings is 3. The lowest BCUT2D eigenvalue weighted by molar-refractivity contribution is -0.144. The van der Waals surface area contributed by atoms with Gasteiger partial charge in [-0.15, -0.1) is 0 Å². The van der Waals surface area contributed by atoms with Crippen LogP contribution < -0.4 is 5.32 Å². The maximum Gasteiger partial charge on any atom is 0.410 e. The summed E-state index contributed by atoms with van der Waals surface area (Å²) in [5.41, 5.74) is 4.22. The Hall–Kier alpha value is -4.40. The number of rotatable bonds is 9. The van der Waals surface area contributed by atoms with Gasteiger partial charge in [0.15, 0.2) is 6.10 Å². The van der Waals surface area contributed by atoms with Crippen LogP contribution in [0.4, 0.5) is 15.3 Å². The summed E-state index contributed by atoms with van der Waals surface area (Å²) in [5, 5.41) is 13.4. The first kappa shape index (κ1) is 44.2. The first-order valence-electron chi connectivity index (χ1n) is 21.8. The number of carbonyl (C=O) groups excluding carboxylic acids is 4. The first-order chi connectivity index (χ1) is 28.5. The lowest BCUT2D eigenvalue weighted by atomic mass is 9.78. The Bertz CT molecular complexity index is 1710. The second kappa shape index (κ2) is 21.2. The molecule has 7 rings (SSSR count). The van der Waals surface area contributed by atoms with Crippen LogP contribution in [0.3, 0.4) is 0 Å². The topological polar surface area (TPSA) is 144 Å². The number of nitrogens with zero attached hydrogens (tertiary/aromatic N) is 5. The summed E-state index contributed by atoms with van der Waals surface area (Å²) >= 11 is 0. The van der Waals surface area contributed by atoms with E-state index in [9.17, 15) is 24.3 Å². The van der Waals surface area contributed by atoms with Crippen molar-refractivity contribution in [2.45, 2.75) is 84.3 Å². The van der Waals surface area contributed by atoms with Crippen molar-refractivity contribution >= 4 is 29.7 Å². The summed E-state index contributed by atoms with van der Waals surface area (Å²) in [5.74, 6) is 0.945. The summed E-state index contributed by atoms with van der Waals surface area (Å²) in [6.45, 7) is 14.7. The van der Waals surface area contributed by atoms with Gasteiger partial charge in [-0.3, -0.25) is 14.5 Å². The molecule has 0 spiro atoms. The average molecular weight is 819 g/mol. The van der Waals surface area contributed by atoms with E-state index in [1.807, 2.05) is 67.0 Å². The third-order valence-electron chi connectivity index (χ3n) is 12.8. The molecule has 5 aliphatic rings. The number of aromatic hydroxyl groups is 1. The van der Waals surface area contributed by atoms with Gasteiger partial charge in [-0.05, 0) is 126 Å². The molecular weight excluding hydrogens is 753 g/mol. The SMILES string of the molecule is CCOC(=O)CN1CCC(C2CCN(C(=O)[C@@H](Cc3cc(C)c(O)c(C)c3)OC(=O)N3CCC(N4CCc5ccccc5NC4=O)CC3)CC2)CC1.CN1CCOCC1. The molecule has 14 nitrogen and oxygen atoms in total. The van der Waals surface area contributed by atoms with Crippen molar-refractivity contribution in [1.82, 2.24) is 24.5 Å². The molecule has 0 saturated carbocycles. The molecule has 59 heavy (non-hydrogen) atoms. The lowest BCUT2D eigenvalue weighted by Gasteiger charge is -2.41. The minimum Gasteiger partial charge on any atom is -0.507 e. The smallest absolute Gasteiger partial charge is 0.410 e. The molecule has 1 atom stereocenters. The number of para-hydroxylation sites is 1. The molecule has 4 amide bonds. The van der Waals surface area contributed by atoms with Crippen LogP contribution in [0.15, 0.2) is 36.4 Å². The molecule has 4 fully saturated rings. The van der Waals surface area contributed by atoms with E-state index >= 15 is 0 Å². The number of likely N-dealkylation sites (N-methyl/N-ethyl adjacent to an activating group) is 1. The highest BCUT2D eigenvalue weighted by Gasteiger charge is 2.37. The summed E-state index contributed by atoms with van der Waals surface area (Å²) in [6.07, 6.45) is 4.60. The van der Waals surface area contributed by atoms with Crippen molar-refractivity contribution in [2.24, 2.45) is 11.8 Å². The van der Waals surface area contributed by atoms with Crippen molar-refractivity contribution in [3.05, 3.63) is 58.7 Å². The Balaban J connectivity index is 0.000000757. The number of urea groups is 1. The number of amides is 4. The van der Waals surface area contributed by atoms with Gasteiger partial charge in [0.2, 0.25) is 0 Å². The normalized spacial score (nSPS) is 20.7. The number of benzene rings is 2. The number of anilines is 1. The molecule has 14 heteroatoms. The van der Waals surface area contributed by atoms with E-state index in [2.05, 4.69) is 22.2 Å². The number of hydrogen-bond donors (Lipinski definition) is 2. The molecule has 0 bridgehead atoms. The molecule has 2 N–H and O–H groups in total. The maximum atomic E-state index is 14.1.